The zero-order valence-corrected chi connectivity index (χ0v) is 8.73. The Kier molecular flexibility index (Phi) is 2.68. The number of rotatable bonds is 3. The van der Waals surface area contributed by atoms with Crippen LogP contribution in [-0.2, 0) is 0 Å². The quantitative estimate of drug-likeness (QED) is 0.842. The van der Waals surface area contributed by atoms with Crippen LogP contribution in [0.3, 0.4) is 0 Å². The highest BCUT2D eigenvalue weighted by Gasteiger charge is 2.15. The smallest absolute Gasteiger partial charge is 0.115 e. The lowest BCUT2D eigenvalue weighted by atomic mass is 10.3. The van der Waals surface area contributed by atoms with Crippen molar-refractivity contribution in [3.8, 4) is 0 Å². The van der Waals surface area contributed by atoms with Crippen LogP contribution < -0.4 is 5.32 Å². The van der Waals surface area contributed by atoms with Gasteiger partial charge in [0.2, 0.25) is 0 Å². The monoisotopic (exact) mass is 211 g/mol. The molecule has 2 aromatic heterocycles. The SMILES string of the molecule is CNC(c1cncs1)c1nccs1. The summed E-state index contributed by atoms with van der Waals surface area (Å²) in [5, 5.41) is 6.30. The van der Waals surface area contributed by atoms with E-state index in [4.69, 9.17) is 0 Å². The topological polar surface area (TPSA) is 37.8 Å². The number of hydrogen-bond donors (Lipinski definition) is 1. The molecule has 0 fully saturated rings. The summed E-state index contributed by atoms with van der Waals surface area (Å²) >= 11 is 3.31. The Morgan fingerprint density at radius 2 is 2.38 bits per heavy atom. The molecule has 0 saturated carbocycles. The van der Waals surface area contributed by atoms with Gasteiger partial charge in [-0.2, -0.15) is 0 Å². The van der Waals surface area contributed by atoms with E-state index in [0.717, 1.165) is 5.01 Å². The first kappa shape index (κ1) is 8.80. The Labute approximate surface area is 84.5 Å². The van der Waals surface area contributed by atoms with Gasteiger partial charge in [-0.15, -0.1) is 22.7 Å². The van der Waals surface area contributed by atoms with Gasteiger partial charge in [0, 0.05) is 22.7 Å². The Hall–Kier alpha value is -0.780. The third-order valence-corrected chi connectivity index (χ3v) is 3.40. The van der Waals surface area contributed by atoms with Gasteiger partial charge >= 0.3 is 0 Å². The van der Waals surface area contributed by atoms with E-state index >= 15 is 0 Å². The molecule has 0 bridgehead atoms. The fourth-order valence-corrected chi connectivity index (χ4v) is 2.70. The second kappa shape index (κ2) is 3.95. The molecule has 0 aromatic carbocycles. The Morgan fingerprint density at radius 3 is 2.92 bits per heavy atom. The van der Waals surface area contributed by atoms with Crippen LogP contribution in [-0.4, -0.2) is 17.0 Å². The summed E-state index contributed by atoms with van der Waals surface area (Å²) in [7, 11) is 1.94. The van der Waals surface area contributed by atoms with Crippen LogP contribution in [0, 0.1) is 0 Å². The minimum atomic E-state index is 0.201. The molecule has 0 amide bonds. The van der Waals surface area contributed by atoms with Crippen molar-refractivity contribution in [1.29, 1.82) is 0 Å². The first-order chi connectivity index (χ1) is 6.42. The van der Waals surface area contributed by atoms with Gasteiger partial charge in [0.1, 0.15) is 5.01 Å². The zero-order valence-electron chi connectivity index (χ0n) is 7.10. The Bertz CT molecular complexity index is 307. The van der Waals surface area contributed by atoms with E-state index in [0.29, 0.717) is 0 Å². The van der Waals surface area contributed by atoms with Gasteiger partial charge in [-0.3, -0.25) is 4.98 Å². The number of nitrogens with one attached hydrogen (secondary N) is 1. The highest BCUT2D eigenvalue weighted by molar-refractivity contribution is 7.11. The van der Waals surface area contributed by atoms with Crippen LogP contribution in [0.1, 0.15) is 15.9 Å². The molecule has 3 nitrogen and oxygen atoms in total. The number of nitrogens with zero attached hydrogens (tertiary/aromatic N) is 2. The molecule has 2 heterocycles. The molecule has 1 unspecified atom stereocenters. The van der Waals surface area contributed by atoms with Gasteiger partial charge in [0.15, 0.2) is 0 Å². The summed E-state index contributed by atoms with van der Waals surface area (Å²) in [6.45, 7) is 0. The average Bonchev–Trinajstić information content (AvgIpc) is 2.76. The molecule has 13 heavy (non-hydrogen) atoms. The standard InChI is InChI=1S/C8H9N3S2/c1-9-7(6-4-10-5-13-6)8-11-2-3-12-8/h2-5,7,9H,1H3. The van der Waals surface area contributed by atoms with Crippen LogP contribution in [0.4, 0.5) is 0 Å². The van der Waals surface area contributed by atoms with E-state index < -0.39 is 0 Å². The van der Waals surface area contributed by atoms with E-state index in [9.17, 15) is 0 Å². The van der Waals surface area contributed by atoms with Gasteiger partial charge in [-0.1, -0.05) is 0 Å². The maximum Gasteiger partial charge on any atom is 0.115 e. The van der Waals surface area contributed by atoms with Gasteiger partial charge in [0.25, 0.3) is 0 Å². The second-order valence-corrected chi connectivity index (χ2v) is 4.34. The summed E-state index contributed by atoms with van der Waals surface area (Å²) in [6.07, 6.45) is 3.71. The minimum Gasteiger partial charge on any atom is -0.307 e. The van der Waals surface area contributed by atoms with Crippen molar-refractivity contribution in [2.24, 2.45) is 0 Å². The predicted molar refractivity (Wildman–Crippen MR) is 55.1 cm³/mol. The Morgan fingerprint density at radius 1 is 1.46 bits per heavy atom. The molecule has 0 saturated heterocycles. The largest absolute Gasteiger partial charge is 0.307 e. The van der Waals surface area contributed by atoms with E-state index in [2.05, 4.69) is 15.3 Å². The third-order valence-electron chi connectivity index (χ3n) is 1.72. The molecule has 1 atom stereocenters. The molecule has 0 radical (unpaired) electrons. The Balaban J connectivity index is 2.29. The van der Waals surface area contributed by atoms with Crippen LogP contribution in [0.25, 0.3) is 0 Å². The van der Waals surface area contributed by atoms with E-state index in [1.54, 1.807) is 22.7 Å². The highest BCUT2D eigenvalue weighted by Crippen LogP contribution is 2.25. The molecule has 5 heteroatoms. The van der Waals surface area contributed by atoms with E-state index in [1.165, 1.54) is 4.88 Å². The van der Waals surface area contributed by atoms with Gasteiger partial charge in [0.05, 0.1) is 11.6 Å². The number of thiazole rings is 2. The molecule has 2 aromatic rings. The van der Waals surface area contributed by atoms with Crippen molar-refractivity contribution >= 4 is 22.7 Å². The van der Waals surface area contributed by atoms with Crippen molar-refractivity contribution in [3.05, 3.63) is 33.2 Å². The zero-order chi connectivity index (χ0) is 9.10. The second-order valence-electron chi connectivity index (χ2n) is 2.50. The summed E-state index contributed by atoms with van der Waals surface area (Å²) in [6, 6.07) is 0.201. The minimum absolute atomic E-state index is 0.201. The predicted octanol–water partition coefficient (Wildman–Crippen LogP) is 1.91. The molecule has 0 aliphatic carbocycles. The van der Waals surface area contributed by atoms with E-state index in [1.807, 2.05) is 30.3 Å². The summed E-state index contributed by atoms with van der Waals surface area (Å²) in [4.78, 5) is 9.54. The van der Waals surface area contributed by atoms with E-state index in [-0.39, 0.29) is 6.04 Å². The average molecular weight is 211 g/mol. The van der Waals surface area contributed by atoms with Gasteiger partial charge < -0.3 is 5.32 Å². The van der Waals surface area contributed by atoms with Crippen molar-refractivity contribution in [2.75, 3.05) is 7.05 Å². The molecule has 2 rings (SSSR count). The van der Waals surface area contributed by atoms with Crippen molar-refractivity contribution in [3.63, 3.8) is 0 Å². The molecule has 0 aliphatic rings. The molecule has 1 N–H and O–H groups in total. The maximum atomic E-state index is 4.28. The number of hydrogen-bond acceptors (Lipinski definition) is 5. The molecular formula is C8H9N3S2. The first-order valence-electron chi connectivity index (χ1n) is 3.87. The van der Waals surface area contributed by atoms with Gasteiger partial charge in [-0.05, 0) is 7.05 Å². The van der Waals surface area contributed by atoms with Gasteiger partial charge in [-0.25, -0.2) is 4.98 Å². The first-order valence-corrected chi connectivity index (χ1v) is 5.63. The van der Waals surface area contributed by atoms with Crippen LogP contribution >= 0.6 is 22.7 Å². The van der Waals surface area contributed by atoms with Crippen LogP contribution in [0.2, 0.25) is 0 Å². The molecule has 68 valence electrons. The lowest BCUT2D eigenvalue weighted by Crippen LogP contribution is -2.16. The summed E-state index contributed by atoms with van der Waals surface area (Å²) in [5.74, 6) is 0. The van der Waals surface area contributed by atoms with Crippen LogP contribution in [0.5, 0.6) is 0 Å². The highest BCUT2D eigenvalue weighted by atomic mass is 32.1. The molecule has 0 spiro atoms. The van der Waals surface area contributed by atoms with Crippen molar-refractivity contribution in [1.82, 2.24) is 15.3 Å². The normalized spacial score (nSPS) is 13.0. The number of aromatic nitrogens is 2. The fraction of sp³-hybridized carbons (Fsp3) is 0.250. The third kappa shape index (κ3) is 1.77. The lowest BCUT2D eigenvalue weighted by molar-refractivity contribution is 0.697. The lowest BCUT2D eigenvalue weighted by Gasteiger charge is -2.09. The summed E-state index contributed by atoms with van der Waals surface area (Å²) in [5.41, 5.74) is 1.84. The maximum absolute atomic E-state index is 4.28. The molecular weight excluding hydrogens is 202 g/mol. The fourth-order valence-electron chi connectivity index (χ4n) is 1.13. The summed E-state index contributed by atoms with van der Waals surface area (Å²) < 4.78 is 0. The van der Waals surface area contributed by atoms with Crippen molar-refractivity contribution in [2.45, 2.75) is 6.04 Å². The van der Waals surface area contributed by atoms with Crippen molar-refractivity contribution < 1.29 is 0 Å². The van der Waals surface area contributed by atoms with Crippen LogP contribution in [0.15, 0.2) is 23.3 Å². The molecule has 0 aliphatic heterocycles.